The fraction of sp³-hybridized carbons (Fsp3) is 0.387. The summed E-state index contributed by atoms with van der Waals surface area (Å²) in [5, 5.41) is 9.55. The molecule has 1 atom stereocenters. The number of carbonyl (C=O) groups excluding carboxylic acids is 1. The van der Waals surface area contributed by atoms with E-state index < -0.39 is 6.10 Å². The number of methoxy groups -OCH3 is 1. The van der Waals surface area contributed by atoms with Crippen molar-refractivity contribution in [3.05, 3.63) is 89.5 Å². The first-order valence-electron chi connectivity index (χ1n) is 13.0. The van der Waals surface area contributed by atoms with E-state index in [9.17, 15) is 9.90 Å². The van der Waals surface area contributed by atoms with Gasteiger partial charge in [0.1, 0.15) is 12.4 Å². The Kier molecular flexibility index (Phi) is 9.07. The van der Waals surface area contributed by atoms with E-state index in [-0.39, 0.29) is 17.8 Å². The van der Waals surface area contributed by atoms with Gasteiger partial charge in [0.2, 0.25) is 0 Å². The molecule has 2 aromatic carbocycles. The minimum atomic E-state index is -0.665. The number of aromatic hydroxyl groups is 1. The molecule has 6 nitrogen and oxygen atoms in total. The van der Waals surface area contributed by atoms with Crippen LogP contribution in [0.1, 0.15) is 49.3 Å². The Morgan fingerprint density at radius 3 is 2.62 bits per heavy atom. The number of benzene rings is 2. The van der Waals surface area contributed by atoms with E-state index in [1.54, 1.807) is 25.3 Å². The highest BCUT2D eigenvalue weighted by molar-refractivity contribution is 5.85. The number of phenols is 1. The van der Waals surface area contributed by atoms with Crippen molar-refractivity contribution in [1.82, 2.24) is 4.90 Å². The molecule has 0 spiro atoms. The van der Waals surface area contributed by atoms with Crippen molar-refractivity contribution in [3.8, 4) is 17.2 Å². The van der Waals surface area contributed by atoms with Crippen LogP contribution in [0.15, 0.2) is 72.9 Å². The first kappa shape index (κ1) is 26.6. The molecule has 0 radical (unpaired) electrons. The van der Waals surface area contributed by atoms with E-state index >= 15 is 0 Å². The molecule has 0 aromatic heterocycles. The van der Waals surface area contributed by atoms with Gasteiger partial charge in [0.15, 0.2) is 17.6 Å². The normalized spacial score (nSPS) is 17.0. The summed E-state index contributed by atoms with van der Waals surface area (Å²) in [6, 6.07) is 10.9. The fourth-order valence-corrected chi connectivity index (χ4v) is 4.99. The summed E-state index contributed by atoms with van der Waals surface area (Å²) in [5.74, 6) is 1.57. The van der Waals surface area contributed by atoms with E-state index in [1.807, 2.05) is 54.3 Å². The zero-order valence-corrected chi connectivity index (χ0v) is 21.8. The van der Waals surface area contributed by atoms with E-state index in [1.165, 1.54) is 0 Å². The highest BCUT2D eigenvalue weighted by Crippen LogP contribution is 2.38. The monoisotopic (exact) mass is 503 g/mol. The third kappa shape index (κ3) is 6.44. The van der Waals surface area contributed by atoms with Crippen LogP contribution in [0.2, 0.25) is 0 Å². The van der Waals surface area contributed by atoms with Crippen molar-refractivity contribution in [3.63, 3.8) is 0 Å². The Morgan fingerprint density at radius 2 is 1.95 bits per heavy atom. The molecule has 2 aromatic rings. The molecule has 37 heavy (non-hydrogen) atoms. The van der Waals surface area contributed by atoms with E-state index in [4.69, 9.17) is 14.2 Å². The third-order valence-corrected chi connectivity index (χ3v) is 7.04. The molecule has 1 N–H and O–H groups in total. The number of phenolic OH excluding ortho intramolecular Hbond substituents is 1. The maximum absolute atomic E-state index is 13.8. The van der Waals surface area contributed by atoms with Crippen molar-refractivity contribution in [2.45, 2.75) is 64.4 Å². The lowest BCUT2D eigenvalue weighted by atomic mass is 9.96. The van der Waals surface area contributed by atoms with Gasteiger partial charge in [0.25, 0.3) is 5.91 Å². The van der Waals surface area contributed by atoms with Gasteiger partial charge in [0, 0.05) is 18.7 Å². The summed E-state index contributed by atoms with van der Waals surface area (Å²) in [5.41, 5.74) is 3.83. The predicted molar refractivity (Wildman–Crippen MR) is 145 cm³/mol. The summed E-state index contributed by atoms with van der Waals surface area (Å²) in [7, 11) is 1.63. The molecular formula is C31H37NO5. The number of amides is 1. The van der Waals surface area contributed by atoms with Gasteiger partial charge in [-0.25, -0.2) is 0 Å². The lowest BCUT2D eigenvalue weighted by Gasteiger charge is -2.34. The van der Waals surface area contributed by atoms with E-state index in [2.05, 4.69) is 6.58 Å². The Morgan fingerprint density at radius 1 is 1.19 bits per heavy atom. The van der Waals surface area contributed by atoms with Crippen molar-refractivity contribution in [2.75, 3.05) is 13.7 Å². The summed E-state index contributed by atoms with van der Waals surface area (Å²) < 4.78 is 18.2. The minimum Gasteiger partial charge on any atom is -0.508 e. The molecule has 4 rings (SSSR count). The Balaban J connectivity index is 1.55. The molecule has 6 heteroatoms. The summed E-state index contributed by atoms with van der Waals surface area (Å²) in [6.07, 6.45) is 11.9. The number of nitrogens with zero attached hydrogens (tertiary/aromatic N) is 1. The highest BCUT2D eigenvalue weighted by Gasteiger charge is 2.33. The standard InChI is InChI=1S/C31H37NO5/c1-4-6-9-23(5-2)29(37-26-10-7-8-11-26)31(34)32-19-18-27-24(20-32)14-17-28(35-3)30(27)36-21-22-12-15-25(33)16-13-22/h4-6,9,12-17,26,29,33H,2,7-8,10-11,18-21H2,1,3H3/b6-4-,23-9+/t29-/m0/s1. The molecule has 0 bridgehead atoms. The molecule has 1 aliphatic carbocycles. The van der Waals surface area contributed by atoms with Gasteiger partial charge in [-0.2, -0.15) is 0 Å². The first-order chi connectivity index (χ1) is 18.0. The maximum Gasteiger partial charge on any atom is 0.256 e. The van der Waals surface area contributed by atoms with Gasteiger partial charge >= 0.3 is 0 Å². The van der Waals surface area contributed by atoms with Gasteiger partial charge in [-0.15, -0.1) is 0 Å². The van der Waals surface area contributed by atoms with Crippen molar-refractivity contribution >= 4 is 5.91 Å². The van der Waals surface area contributed by atoms with Crippen LogP contribution in [-0.4, -0.2) is 41.8 Å². The molecule has 1 aliphatic heterocycles. The Bertz CT molecular complexity index is 1140. The van der Waals surface area contributed by atoms with E-state index in [0.29, 0.717) is 37.6 Å². The molecule has 1 heterocycles. The number of carbonyl (C=O) groups is 1. The average molecular weight is 504 g/mol. The maximum atomic E-state index is 13.8. The average Bonchev–Trinajstić information content (AvgIpc) is 3.45. The molecular weight excluding hydrogens is 466 g/mol. The van der Waals surface area contributed by atoms with Crippen LogP contribution in [0.5, 0.6) is 17.2 Å². The molecule has 196 valence electrons. The highest BCUT2D eigenvalue weighted by atomic mass is 16.5. The first-order valence-corrected chi connectivity index (χ1v) is 13.0. The van der Waals surface area contributed by atoms with Gasteiger partial charge < -0.3 is 24.2 Å². The van der Waals surface area contributed by atoms with Crippen LogP contribution < -0.4 is 9.47 Å². The molecule has 0 unspecified atom stereocenters. The lowest BCUT2D eigenvalue weighted by molar-refractivity contribution is -0.145. The van der Waals surface area contributed by atoms with Crippen LogP contribution in [0.25, 0.3) is 0 Å². The molecule has 1 saturated carbocycles. The number of hydrogen-bond acceptors (Lipinski definition) is 5. The van der Waals surface area contributed by atoms with Crippen molar-refractivity contribution in [1.29, 1.82) is 0 Å². The second kappa shape index (κ2) is 12.6. The van der Waals surface area contributed by atoms with Crippen LogP contribution >= 0.6 is 0 Å². The number of allylic oxidation sites excluding steroid dienone is 3. The van der Waals surface area contributed by atoms with Gasteiger partial charge in [-0.05, 0) is 61.1 Å². The number of ether oxygens (including phenoxy) is 3. The zero-order valence-electron chi connectivity index (χ0n) is 21.8. The van der Waals surface area contributed by atoms with Crippen LogP contribution in [0, 0.1) is 0 Å². The van der Waals surface area contributed by atoms with Gasteiger partial charge in [-0.3, -0.25) is 4.79 Å². The van der Waals surface area contributed by atoms with Gasteiger partial charge in [0.05, 0.1) is 13.2 Å². The lowest BCUT2D eigenvalue weighted by Crippen LogP contribution is -2.44. The second-order valence-electron chi connectivity index (χ2n) is 9.52. The third-order valence-electron chi connectivity index (χ3n) is 7.04. The smallest absolute Gasteiger partial charge is 0.256 e. The Hall–Kier alpha value is -3.51. The minimum absolute atomic E-state index is 0.0319. The second-order valence-corrected chi connectivity index (χ2v) is 9.52. The number of hydrogen-bond donors (Lipinski definition) is 1. The number of fused-ring (bicyclic) bond motifs is 1. The SMILES string of the molecule is C=C/C(=C\C=C/C)[C@H](OC1CCCC1)C(=O)N1CCc2c(ccc(OC)c2OCc2ccc(O)cc2)C1. The molecule has 1 amide bonds. The van der Waals surface area contributed by atoms with Crippen molar-refractivity contribution < 1.29 is 24.1 Å². The quantitative estimate of drug-likeness (QED) is 0.410. The summed E-state index contributed by atoms with van der Waals surface area (Å²) >= 11 is 0. The number of rotatable bonds is 10. The zero-order chi connectivity index (χ0) is 26.2. The molecule has 1 fully saturated rings. The van der Waals surface area contributed by atoms with Gasteiger partial charge in [-0.1, -0.05) is 61.9 Å². The Labute approximate surface area is 219 Å². The summed E-state index contributed by atoms with van der Waals surface area (Å²) in [6.45, 7) is 7.30. The molecule has 2 aliphatic rings. The van der Waals surface area contributed by atoms with E-state index in [0.717, 1.165) is 47.9 Å². The van der Waals surface area contributed by atoms with Crippen molar-refractivity contribution in [2.24, 2.45) is 0 Å². The largest absolute Gasteiger partial charge is 0.508 e. The van der Waals surface area contributed by atoms with Crippen LogP contribution in [-0.2, 0) is 29.1 Å². The summed E-state index contributed by atoms with van der Waals surface area (Å²) in [4.78, 5) is 15.7. The van der Waals surface area contributed by atoms with Crippen LogP contribution in [0.4, 0.5) is 0 Å². The predicted octanol–water partition coefficient (Wildman–Crippen LogP) is 5.88. The fourth-order valence-electron chi connectivity index (χ4n) is 4.99. The molecule has 0 saturated heterocycles. The van der Waals surface area contributed by atoms with Crippen LogP contribution in [0.3, 0.4) is 0 Å². The topological polar surface area (TPSA) is 68.2 Å².